The Labute approximate surface area is 364 Å². The molecule has 0 amide bonds. The Bertz CT molecular complexity index is 2960. The summed E-state index contributed by atoms with van der Waals surface area (Å²) in [7, 11) is -7.28. The van der Waals surface area contributed by atoms with Gasteiger partial charge in [-0.25, -0.2) is 0 Å². The van der Waals surface area contributed by atoms with Gasteiger partial charge in [0, 0.05) is 33.6 Å². The Balaban J connectivity index is 0.844. The topological polar surface area (TPSA) is 86.8 Å². The molecule has 63 heavy (non-hydrogen) atoms. The minimum Gasteiger partial charge on any atom is -0.473 e. The maximum atomic E-state index is 15.7. The molecule has 0 spiro atoms. The number of para-hydroxylation sites is 4. The number of anilines is 2. The molecule has 4 aliphatic heterocycles. The van der Waals surface area contributed by atoms with Crippen LogP contribution < -0.4 is 43.7 Å². The maximum absolute atomic E-state index is 15.7. The van der Waals surface area contributed by atoms with E-state index in [9.17, 15) is 0 Å². The molecule has 0 fully saturated rings. The van der Waals surface area contributed by atoms with Crippen molar-refractivity contribution in [3.63, 3.8) is 0 Å². The Hall–Kier alpha value is -7.18. The highest BCUT2D eigenvalue weighted by Gasteiger charge is 2.51. The van der Waals surface area contributed by atoms with Gasteiger partial charge >= 0.3 is 14.7 Å². The van der Waals surface area contributed by atoms with Crippen LogP contribution in [0.2, 0.25) is 0 Å². The van der Waals surface area contributed by atoms with Gasteiger partial charge in [-0.15, -0.1) is 0 Å². The number of rotatable bonds is 6. The van der Waals surface area contributed by atoms with Crippen LogP contribution in [0.3, 0.4) is 0 Å². The van der Waals surface area contributed by atoms with E-state index in [1.165, 1.54) is 0 Å². The van der Waals surface area contributed by atoms with Crippen molar-refractivity contribution >= 4 is 36.7 Å². The van der Waals surface area contributed by atoms with Gasteiger partial charge in [-0.05, 0) is 96.1 Å². The summed E-state index contributed by atoms with van der Waals surface area (Å²) in [5, 5.41) is 1.36. The van der Waals surface area contributed by atoms with Crippen molar-refractivity contribution in [1.82, 2.24) is 0 Å². The number of ether oxygens (including phenoxy) is 3. The number of hydrogen-bond acceptors (Lipinski definition) is 9. The van der Waals surface area contributed by atoms with E-state index in [2.05, 4.69) is 0 Å². The van der Waals surface area contributed by atoms with Gasteiger partial charge in [0.1, 0.15) is 34.5 Å². The van der Waals surface area contributed by atoms with E-state index < -0.39 is 26.3 Å². The highest BCUT2D eigenvalue weighted by molar-refractivity contribution is 7.68. The highest BCUT2D eigenvalue weighted by Crippen LogP contribution is 2.68. The van der Waals surface area contributed by atoms with E-state index in [-0.39, 0.29) is 13.5 Å². The second-order valence-corrected chi connectivity index (χ2v) is 20.5. The lowest BCUT2D eigenvalue weighted by Crippen LogP contribution is -2.40. The molecular formula is C52H38N2O7P2. The zero-order valence-electron chi connectivity index (χ0n) is 33.7. The summed E-state index contributed by atoms with van der Waals surface area (Å²) in [5.74, 6) is 2.45. The first-order valence-electron chi connectivity index (χ1n) is 20.8. The number of fused-ring (bicyclic) bond motifs is 8. The molecule has 0 radical (unpaired) electrons. The molecule has 0 bridgehead atoms. The standard InChI is InChI=1S/C52H38N2O7P2/c55-62(49-23-11-5-15-41(49)39-13-1-9-21-47(39)60-62)51-43-17-3-7-19-45(43)57-33-53(51)35-25-29-37(30-26-35)59-38-31-27-36(28-32-38)54-34-58-46-20-8-4-18-44(46)52(54)63(56)50-24-12-6-16-42(50)40-14-2-10-22-48(40)61-63/h1-32,51-52H,33-34H2. The predicted molar refractivity (Wildman–Crippen MR) is 247 cm³/mol. The van der Waals surface area contributed by atoms with Crippen molar-refractivity contribution in [2.45, 2.75) is 11.6 Å². The molecule has 11 heteroatoms. The third-order valence-corrected chi connectivity index (χ3v) is 17.7. The molecule has 9 nitrogen and oxygen atoms in total. The van der Waals surface area contributed by atoms with Crippen molar-refractivity contribution in [3.8, 4) is 56.8 Å². The molecule has 0 saturated carbocycles. The lowest BCUT2D eigenvalue weighted by molar-refractivity contribution is 0.281. The molecule has 8 aromatic rings. The van der Waals surface area contributed by atoms with Gasteiger partial charge in [0.2, 0.25) is 0 Å². The molecule has 0 aromatic heterocycles. The Kier molecular flexibility index (Phi) is 8.79. The van der Waals surface area contributed by atoms with Crippen LogP contribution in [-0.4, -0.2) is 13.5 Å². The van der Waals surface area contributed by atoms with Gasteiger partial charge in [-0.2, -0.15) is 0 Å². The number of hydrogen-bond donors (Lipinski definition) is 0. The molecule has 308 valence electrons. The van der Waals surface area contributed by atoms with Gasteiger partial charge in [0.05, 0.1) is 10.6 Å². The largest absolute Gasteiger partial charge is 0.473 e. The Morgan fingerprint density at radius 2 is 0.746 bits per heavy atom. The number of nitrogens with zero attached hydrogens (tertiary/aromatic N) is 2. The first-order chi connectivity index (χ1) is 31.0. The van der Waals surface area contributed by atoms with Crippen LogP contribution in [0, 0.1) is 0 Å². The lowest BCUT2D eigenvalue weighted by Gasteiger charge is -2.43. The molecule has 4 unspecified atom stereocenters. The van der Waals surface area contributed by atoms with E-state index in [1.54, 1.807) is 0 Å². The number of benzene rings is 8. The molecular weight excluding hydrogens is 827 g/mol. The zero-order valence-corrected chi connectivity index (χ0v) is 35.5. The summed E-state index contributed by atoms with van der Waals surface area (Å²) < 4.78 is 63.6. The molecule has 12 rings (SSSR count). The van der Waals surface area contributed by atoms with Crippen molar-refractivity contribution in [3.05, 3.63) is 205 Å². The van der Waals surface area contributed by atoms with E-state index in [4.69, 9.17) is 23.3 Å². The molecule has 0 saturated heterocycles. The fraction of sp³-hybridized carbons (Fsp3) is 0.0769. The minimum atomic E-state index is -3.64. The molecule has 8 aromatic carbocycles. The SMILES string of the molecule is O=P1(C2c3ccccc3OCN2c2ccc(Oc3ccc(N4COc5ccccc5C4P4(=O)Oc5ccccc5-c5ccccc54)cc3)cc2)Oc2ccccc2-c2ccccc21. The first-order valence-corrected chi connectivity index (χ1v) is 24.2. The summed E-state index contributed by atoms with van der Waals surface area (Å²) >= 11 is 0. The van der Waals surface area contributed by atoms with Gasteiger partial charge in [-0.3, -0.25) is 9.13 Å². The Morgan fingerprint density at radius 3 is 1.17 bits per heavy atom. The van der Waals surface area contributed by atoms with E-state index in [0.29, 0.717) is 45.1 Å². The van der Waals surface area contributed by atoms with Crippen molar-refractivity contribution in [2.24, 2.45) is 0 Å². The van der Waals surface area contributed by atoms with Gasteiger partial charge in [0.15, 0.2) is 25.0 Å². The van der Waals surface area contributed by atoms with Crippen molar-refractivity contribution in [2.75, 3.05) is 23.3 Å². The predicted octanol–water partition coefficient (Wildman–Crippen LogP) is 12.5. The van der Waals surface area contributed by atoms with Crippen LogP contribution in [0.15, 0.2) is 194 Å². The molecule has 4 heterocycles. The third kappa shape index (κ3) is 6.06. The minimum absolute atomic E-state index is 0.169. The van der Waals surface area contributed by atoms with E-state index in [0.717, 1.165) is 44.8 Å². The van der Waals surface area contributed by atoms with Crippen LogP contribution in [0.4, 0.5) is 11.4 Å². The molecule has 4 aliphatic rings. The maximum Gasteiger partial charge on any atom is 0.304 e. The molecule has 0 aliphatic carbocycles. The summed E-state index contributed by atoms with van der Waals surface area (Å²) in [4.78, 5) is 4.03. The van der Waals surface area contributed by atoms with Crippen LogP contribution in [0.5, 0.6) is 34.5 Å². The second kappa shape index (κ2) is 14.7. The zero-order chi connectivity index (χ0) is 42.1. The van der Waals surface area contributed by atoms with Gasteiger partial charge in [0.25, 0.3) is 0 Å². The van der Waals surface area contributed by atoms with Crippen LogP contribution in [0.1, 0.15) is 22.7 Å². The van der Waals surface area contributed by atoms with E-state index in [1.807, 2.05) is 204 Å². The van der Waals surface area contributed by atoms with Gasteiger partial charge < -0.3 is 33.1 Å². The van der Waals surface area contributed by atoms with E-state index >= 15 is 9.13 Å². The fourth-order valence-corrected chi connectivity index (χ4v) is 15.1. The monoisotopic (exact) mass is 864 g/mol. The first kappa shape index (κ1) is 37.6. The Morgan fingerprint density at radius 1 is 0.397 bits per heavy atom. The molecule has 4 atom stereocenters. The summed E-state index contributed by atoms with van der Waals surface area (Å²) in [6, 6.07) is 62.1. The van der Waals surface area contributed by atoms with Crippen molar-refractivity contribution < 1.29 is 32.4 Å². The smallest absolute Gasteiger partial charge is 0.304 e. The van der Waals surface area contributed by atoms with Crippen LogP contribution in [-0.2, 0) is 9.13 Å². The van der Waals surface area contributed by atoms with Gasteiger partial charge in [-0.1, -0.05) is 109 Å². The fourth-order valence-electron chi connectivity index (χ4n) is 9.36. The quantitative estimate of drug-likeness (QED) is 0.152. The summed E-state index contributed by atoms with van der Waals surface area (Å²) in [6.07, 6.45) is 0. The van der Waals surface area contributed by atoms with Crippen LogP contribution >= 0.6 is 14.7 Å². The second-order valence-electron chi connectivity index (χ2n) is 15.8. The average molecular weight is 865 g/mol. The third-order valence-electron chi connectivity index (χ3n) is 12.2. The summed E-state index contributed by atoms with van der Waals surface area (Å²) in [5.41, 5.74) is 6.83. The van der Waals surface area contributed by atoms with Crippen molar-refractivity contribution in [1.29, 1.82) is 0 Å². The van der Waals surface area contributed by atoms with Crippen LogP contribution in [0.25, 0.3) is 22.3 Å². The summed E-state index contributed by atoms with van der Waals surface area (Å²) in [6.45, 7) is 0.338. The lowest BCUT2D eigenvalue weighted by atomic mass is 10.0. The average Bonchev–Trinajstić information content (AvgIpc) is 3.34. The highest BCUT2D eigenvalue weighted by atomic mass is 31.2. The molecule has 0 N–H and O–H groups in total. The normalized spacial score (nSPS) is 21.3.